The van der Waals surface area contributed by atoms with Gasteiger partial charge in [-0.05, 0) is 30.8 Å². The van der Waals surface area contributed by atoms with Crippen LogP contribution < -0.4 is 0 Å². The molecule has 2 heterocycles. The topological polar surface area (TPSA) is 57.6 Å². The number of fused-ring (bicyclic) bond motifs is 1. The molecule has 0 amide bonds. The number of H-pyrrole nitrogens is 2. The lowest BCUT2D eigenvalue weighted by atomic mass is 10.1. The number of hydrogen-bond acceptors (Lipinski definition) is 3. The van der Waals surface area contributed by atoms with Crippen LogP contribution in [0.5, 0.6) is 0 Å². The lowest BCUT2D eigenvalue weighted by molar-refractivity contribution is 0.550. The van der Waals surface area contributed by atoms with Crippen molar-refractivity contribution < 1.29 is 4.42 Å². The summed E-state index contributed by atoms with van der Waals surface area (Å²) in [5.41, 5.74) is 3.05. The minimum absolute atomic E-state index is 0.285. The summed E-state index contributed by atoms with van der Waals surface area (Å²) in [5, 5.41) is 7.80. The molecular formula is C11H9N3OS. The van der Waals surface area contributed by atoms with E-state index in [4.69, 9.17) is 16.6 Å². The molecule has 0 radical (unpaired) electrons. The quantitative estimate of drug-likeness (QED) is 0.632. The summed E-state index contributed by atoms with van der Waals surface area (Å²) in [6.45, 7) is 2.03. The molecule has 0 atom stereocenters. The maximum atomic E-state index is 5.30. The fourth-order valence-electron chi connectivity index (χ4n) is 1.83. The second-order valence-corrected chi connectivity index (χ2v) is 3.96. The van der Waals surface area contributed by atoms with Crippen LogP contribution in [-0.4, -0.2) is 15.2 Å². The highest BCUT2D eigenvalue weighted by Crippen LogP contribution is 2.27. The van der Waals surface area contributed by atoms with E-state index in [1.807, 2.05) is 25.1 Å². The van der Waals surface area contributed by atoms with E-state index in [-0.39, 0.29) is 4.84 Å². The molecule has 0 aliphatic carbocycles. The number of para-hydroxylation sites is 1. The maximum absolute atomic E-state index is 5.30. The van der Waals surface area contributed by atoms with E-state index in [2.05, 4.69) is 21.2 Å². The SMILES string of the molecule is Cc1c(-c2n[nH]c(=S)o2)[nH]c2ccccc12. The van der Waals surface area contributed by atoms with Gasteiger partial charge in [0, 0.05) is 10.9 Å². The van der Waals surface area contributed by atoms with Crippen LogP contribution in [0, 0.1) is 11.8 Å². The van der Waals surface area contributed by atoms with E-state index in [0.29, 0.717) is 5.89 Å². The van der Waals surface area contributed by atoms with Gasteiger partial charge in [-0.2, -0.15) is 0 Å². The molecule has 0 spiro atoms. The highest BCUT2D eigenvalue weighted by Gasteiger charge is 2.12. The fourth-order valence-corrected chi connectivity index (χ4v) is 1.96. The highest BCUT2D eigenvalue weighted by molar-refractivity contribution is 7.71. The summed E-state index contributed by atoms with van der Waals surface area (Å²) in [7, 11) is 0. The van der Waals surface area contributed by atoms with Gasteiger partial charge in [-0.15, -0.1) is 5.10 Å². The van der Waals surface area contributed by atoms with E-state index in [1.165, 1.54) is 5.39 Å². The summed E-state index contributed by atoms with van der Waals surface area (Å²) in [6.07, 6.45) is 0. The molecule has 0 bridgehead atoms. The fraction of sp³-hybridized carbons (Fsp3) is 0.0909. The molecule has 2 N–H and O–H groups in total. The first kappa shape index (κ1) is 9.35. The Balaban J connectivity index is 2.32. The molecule has 0 fully saturated rings. The van der Waals surface area contributed by atoms with Gasteiger partial charge in [0.05, 0.1) is 0 Å². The van der Waals surface area contributed by atoms with Crippen molar-refractivity contribution in [3.05, 3.63) is 34.7 Å². The number of hydrogen-bond donors (Lipinski definition) is 2. The van der Waals surface area contributed by atoms with Crippen LogP contribution >= 0.6 is 12.2 Å². The third-order valence-corrected chi connectivity index (χ3v) is 2.79. The molecular weight excluding hydrogens is 222 g/mol. The van der Waals surface area contributed by atoms with Crippen LogP contribution in [0.1, 0.15) is 5.56 Å². The number of aryl methyl sites for hydroxylation is 1. The summed E-state index contributed by atoms with van der Waals surface area (Å²) in [4.78, 5) is 3.56. The number of aromatic nitrogens is 3. The van der Waals surface area contributed by atoms with Crippen LogP contribution in [0.25, 0.3) is 22.5 Å². The van der Waals surface area contributed by atoms with Gasteiger partial charge in [0.25, 0.3) is 10.7 Å². The number of nitrogens with zero attached hydrogens (tertiary/aromatic N) is 1. The average Bonchev–Trinajstić information content (AvgIpc) is 2.84. The van der Waals surface area contributed by atoms with Crippen molar-refractivity contribution in [1.29, 1.82) is 0 Å². The standard InChI is InChI=1S/C11H9N3OS/c1-6-7-4-2-3-5-8(7)12-9(6)10-13-14-11(16)15-10/h2-5,12H,1H3,(H,14,16). The lowest BCUT2D eigenvalue weighted by Gasteiger charge is -1.91. The number of aromatic amines is 2. The van der Waals surface area contributed by atoms with Crippen molar-refractivity contribution >= 4 is 23.1 Å². The van der Waals surface area contributed by atoms with Crippen molar-refractivity contribution in [1.82, 2.24) is 15.2 Å². The smallest absolute Gasteiger partial charge is 0.284 e. The van der Waals surface area contributed by atoms with Crippen molar-refractivity contribution in [3.8, 4) is 11.6 Å². The van der Waals surface area contributed by atoms with Gasteiger partial charge in [-0.1, -0.05) is 18.2 Å². The Kier molecular flexibility index (Phi) is 1.94. The number of nitrogens with one attached hydrogen (secondary N) is 2. The third-order valence-electron chi connectivity index (χ3n) is 2.62. The number of rotatable bonds is 1. The first-order valence-corrected chi connectivity index (χ1v) is 5.30. The molecule has 5 heteroatoms. The minimum atomic E-state index is 0.285. The summed E-state index contributed by atoms with van der Waals surface area (Å²) in [6, 6.07) is 8.08. The largest absolute Gasteiger partial charge is 0.408 e. The van der Waals surface area contributed by atoms with E-state index in [1.54, 1.807) is 0 Å². The van der Waals surface area contributed by atoms with E-state index < -0.39 is 0 Å². The van der Waals surface area contributed by atoms with Gasteiger partial charge >= 0.3 is 0 Å². The second-order valence-electron chi connectivity index (χ2n) is 3.59. The van der Waals surface area contributed by atoms with Gasteiger partial charge in [0.1, 0.15) is 5.69 Å². The molecule has 2 aromatic heterocycles. The van der Waals surface area contributed by atoms with E-state index in [9.17, 15) is 0 Å². The van der Waals surface area contributed by atoms with E-state index >= 15 is 0 Å². The molecule has 0 saturated heterocycles. The predicted octanol–water partition coefficient (Wildman–Crippen LogP) is 3.19. The molecule has 0 saturated carbocycles. The van der Waals surface area contributed by atoms with Crippen LogP contribution in [-0.2, 0) is 0 Å². The van der Waals surface area contributed by atoms with Gasteiger partial charge in [-0.25, -0.2) is 5.10 Å². The zero-order valence-corrected chi connectivity index (χ0v) is 9.39. The zero-order chi connectivity index (χ0) is 11.1. The zero-order valence-electron chi connectivity index (χ0n) is 8.57. The van der Waals surface area contributed by atoms with Crippen LogP contribution in [0.3, 0.4) is 0 Å². The van der Waals surface area contributed by atoms with Crippen LogP contribution in [0.2, 0.25) is 0 Å². The van der Waals surface area contributed by atoms with Crippen molar-refractivity contribution in [3.63, 3.8) is 0 Å². The maximum Gasteiger partial charge on any atom is 0.284 e. The van der Waals surface area contributed by atoms with Gasteiger partial charge in [-0.3, -0.25) is 0 Å². The predicted molar refractivity (Wildman–Crippen MR) is 63.7 cm³/mol. The molecule has 1 aromatic carbocycles. The van der Waals surface area contributed by atoms with Gasteiger partial charge in [0.15, 0.2) is 0 Å². The first-order valence-electron chi connectivity index (χ1n) is 4.89. The Morgan fingerprint density at radius 2 is 2.12 bits per heavy atom. The molecule has 0 unspecified atom stereocenters. The molecule has 80 valence electrons. The normalized spacial score (nSPS) is 11.1. The third kappa shape index (κ3) is 1.29. The highest BCUT2D eigenvalue weighted by atomic mass is 32.1. The summed E-state index contributed by atoms with van der Waals surface area (Å²) >= 11 is 4.86. The van der Waals surface area contributed by atoms with Gasteiger partial charge < -0.3 is 9.40 Å². The van der Waals surface area contributed by atoms with Crippen LogP contribution in [0.4, 0.5) is 0 Å². The van der Waals surface area contributed by atoms with Crippen molar-refractivity contribution in [2.45, 2.75) is 6.92 Å². The first-order chi connectivity index (χ1) is 7.75. The van der Waals surface area contributed by atoms with Crippen LogP contribution in [0.15, 0.2) is 28.7 Å². The van der Waals surface area contributed by atoms with E-state index in [0.717, 1.165) is 16.8 Å². The Bertz CT molecular complexity index is 707. The Labute approximate surface area is 96.3 Å². The molecule has 16 heavy (non-hydrogen) atoms. The average molecular weight is 231 g/mol. The monoisotopic (exact) mass is 231 g/mol. The summed E-state index contributed by atoms with van der Waals surface area (Å²) in [5.74, 6) is 0.499. The second kappa shape index (κ2) is 3.31. The number of benzene rings is 1. The lowest BCUT2D eigenvalue weighted by Crippen LogP contribution is -1.80. The summed E-state index contributed by atoms with van der Waals surface area (Å²) < 4.78 is 5.30. The Morgan fingerprint density at radius 3 is 2.81 bits per heavy atom. The van der Waals surface area contributed by atoms with Gasteiger partial charge in [0.2, 0.25) is 0 Å². The molecule has 3 aromatic rings. The molecule has 0 aliphatic rings. The molecule has 4 nitrogen and oxygen atoms in total. The van der Waals surface area contributed by atoms with Crippen molar-refractivity contribution in [2.24, 2.45) is 0 Å². The van der Waals surface area contributed by atoms with Crippen molar-refractivity contribution in [2.75, 3.05) is 0 Å². The molecule has 0 aliphatic heterocycles. The molecule has 3 rings (SSSR count). The Hall–Kier alpha value is -1.88. The Morgan fingerprint density at radius 1 is 1.31 bits per heavy atom. The minimum Gasteiger partial charge on any atom is -0.408 e.